The van der Waals surface area contributed by atoms with Gasteiger partial charge in [-0.3, -0.25) is 0 Å². The van der Waals surface area contributed by atoms with Crippen LogP contribution in [0.2, 0.25) is 5.02 Å². The van der Waals surface area contributed by atoms with Crippen molar-refractivity contribution in [2.24, 2.45) is 0 Å². The van der Waals surface area contributed by atoms with Gasteiger partial charge in [0.05, 0.1) is 10.6 Å². The highest BCUT2D eigenvalue weighted by atomic mass is 35.5. The molecule has 0 N–H and O–H groups in total. The summed E-state index contributed by atoms with van der Waals surface area (Å²) in [6.07, 6.45) is 0. The number of hydrogen-bond donors (Lipinski definition) is 0. The topological polar surface area (TPSA) is 16.1 Å². The van der Waals surface area contributed by atoms with Gasteiger partial charge in [0.15, 0.2) is 5.13 Å². The second kappa shape index (κ2) is 5.72. The Balaban J connectivity index is 2.40. The average molecular weight is 281 g/mol. The summed E-state index contributed by atoms with van der Waals surface area (Å²) in [5.74, 6) is 0. The van der Waals surface area contributed by atoms with Crippen LogP contribution in [0.3, 0.4) is 0 Å². The lowest BCUT2D eigenvalue weighted by Crippen LogP contribution is -2.21. The molecule has 0 radical (unpaired) electrons. The quantitative estimate of drug-likeness (QED) is 0.812. The molecule has 0 aliphatic rings. The predicted molar refractivity (Wildman–Crippen MR) is 80.9 cm³/mol. The molecule has 0 saturated heterocycles. The van der Waals surface area contributed by atoms with Crippen LogP contribution in [0.25, 0.3) is 10.4 Å². The van der Waals surface area contributed by atoms with E-state index in [1.807, 2.05) is 18.2 Å². The molecule has 0 aliphatic carbocycles. The Kier molecular flexibility index (Phi) is 4.25. The molecule has 0 spiro atoms. The number of anilines is 1. The molecule has 2 aromatic rings. The van der Waals surface area contributed by atoms with Crippen LogP contribution in [0.15, 0.2) is 24.3 Å². The molecular formula is C14H17ClN2S. The van der Waals surface area contributed by atoms with Gasteiger partial charge in [-0.05, 0) is 38.5 Å². The minimum atomic E-state index is 0.768. The largest absolute Gasteiger partial charge is 0.349 e. The fourth-order valence-electron chi connectivity index (χ4n) is 1.91. The first-order valence-corrected chi connectivity index (χ1v) is 7.33. The maximum absolute atomic E-state index is 6.04. The van der Waals surface area contributed by atoms with E-state index in [9.17, 15) is 0 Å². The van der Waals surface area contributed by atoms with Crippen LogP contribution in [0.5, 0.6) is 0 Å². The zero-order valence-corrected chi connectivity index (χ0v) is 12.5. The minimum absolute atomic E-state index is 0.768. The highest BCUT2D eigenvalue weighted by Gasteiger charge is 2.13. The number of nitrogens with zero attached hydrogens (tertiary/aromatic N) is 2. The zero-order valence-electron chi connectivity index (χ0n) is 10.9. The van der Waals surface area contributed by atoms with Crippen LogP contribution in [0.4, 0.5) is 5.13 Å². The van der Waals surface area contributed by atoms with Crippen molar-refractivity contribution in [1.82, 2.24) is 4.98 Å². The summed E-state index contributed by atoms with van der Waals surface area (Å²) in [5.41, 5.74) is 2.22. The number of thiazole rings is 1. The molecule has 0 amide bonds. The van der Waals surface area contributed by atoms with Crippen molar-refractivity contribution in [1.29, 1.82) is 0 Å². The standard InChI is InChI=1S/C14H17ClN2S/c1-4-17(5-2)14-16-10(3)13(18-14)11-7-6-8-12(15)9-11/h6-9H,4-5H2,1-3H3. The Labute approximate surface area is 117 Å². The van der Waals surface area contributed by atoms with Gasteiger partial charge in [-0.15, -0.1) is 0 Å². The summed E-state index contributed by atoms with van der Waals surface area (Å²) in [6, 6.07) is 7.95. The van der Waals surface area contributed by atoms with Gasteiger partial charge in [-0.25, -0.2) is 4.98 Å². The van der Waals surface area contributed by atoms with Crippen LogP contribution < -0.4 is 4.90 Å². The van der Waals surface area contributed by atoms with Crippen molar-refractivity contribution in [2.75, 3.05) is 18.0 Å². The van der Waals surface area contributed by atoms with Crippen molar-refractivity contribution < 1.29 is 0 Å². The molecule has 4 heteroatoms. The molecule has 0 saturated carbocycles. The minimum Gasteiger partial charge on any atom is -0.349 e. The van der Waals surface area contributed by atoms with Crippen LogP contribution >= 0.6 is 22.9 Å². The van der Waals surface area contributed by atoms with Crippen molar-refractivity contribution >= 4 is 28.1 Å². The number of aromatic nitrogens is 1. The summed E-state index contributed by atoms with van der Waals surface area (Å²) in [7, 11) is 0. The van der Waals surface area contributed by atoms with Gasteiger partial charge in [-0.1, -0.05) is 35.1 Å². The van der Waals surface area contributed by atoms with Gasteiger partial charge in [0.1, 0.15) is 0 Å². The van der Waals surface area contributed by atoms with Gasteiger partial charge in [0, 0.05) is 18.1 Å². The summed E-state index contributed by atoms with van der Waals surface area (Å²) >= 11 is 7.78. The second-order valence-corrected chi connectivity index (χ2v) is 5.51. The van der Waals surface area contributed by atoms with Crippen molar-refractivity contribution in [2.45, 2.75) is 20.8 Å². The van der Waals surface area contributed by atoms with Crippen LogP contribution in [0.1, 0.15) is 19.5 Å². The van der Waals surface area contributed by atoms with E-state index in [0.29, 0.717) is 0 Å². The fraction of sp³-hybridized carbons (Fsp3) is 0.357. The molecule has 1 heterocycles. The molecule has 18 heavy (non-hydrogen) atoms. The molecular weight excluding hydrogens is 264 g/mol. The van der Waals surface area contributed by atoms with Gasteiger partial charge in [-0.2, -0.15) is 0 Å². The third-order valence-electron chi connectivity index (χ3n) is 2.91. The summed E-state index contributed by atoms with van der Waals surface area (Å²) in [5, 5.41) is 1.86. The Morgan fingerprint density at radius 3 is 2.61 bits per heavy atom. The van der Waals surface area contributed by atoms with E-state index < -0.39 is 0 Å². The summed E-state index contributed by atoms with van der Waals surface area (Å²) < 4.78 is 0. The van der Waals surface area contributed by atoms with E-state index in [1.165, 1.54) is 4.88 Å². The van der Waals surface area contributed by atoms with Gasteiger partial charge >= 0.3 is 0 Å². The number of benzene rings is 1. The average Bonchev–Trinajstić information content (AvgIpc) is 2.73. The highest BCUT2D eigenvalue weighted by Crippen LogP contribution is 2.35. The lowest BCUT2D eigenvalue weighted by atomic mass is 10.2. The van der Waals surface area contributed by atoms with Gasteiger partial charge in [0.2, 0.25) is 0 Å². The van der Waals surface area contributed by atoms with Crippen molar-refractivity contribution in [3.63, 3.8) is 0 Å². The maximum atomic E-state index is 6.04. The van der Waals surface area contributed by atoms with Crippen molar-refractivity contribution in [3.8, 4) is 10.4 Å². The number of aryl methyl sites for hydroxylation is 1. The monoisotopic (exact) mass is 280 g/mol. The predicted octanol–water partition coefficient (Wildman–Crippen LogP) is 4.62. The van der Waals surface area contributed by atoms with E-state index in [4.69, 9.17) is 11.6 Å². The maximum Gasteiger partial charge on any atom is 0.186 e. The SMILES string of the molecule is CCN(CC)c1nc(C)c(-c2cccc(Cl)c2)s1. The molecule has 0 atom stereocenters. The van der Waals surface area contributed by atoms with Crippen molar-refractivity contribution in [3.05, 3.63) is 35.0 Å². The molecule has 96 valence electrons. The third kappa shape index (κ3) is 2.68. The first kappa shape index (κ1) is 13.4. The molecule has 2 nitrogen and oxygen atoms in total. The Morgan fingerprint density at radius 2 is 2.00 bits per heavy atom. The van der Waals surface area contributed by atoms with Crippen LogP contribution in [-0.2, 0) is 0 Å². The number of halogens is 1. The Morgan fingerprint density at radius 1 is 1.28 bits per heavy atom. The lowest BCUT2D eigenvalue weighted by Gasteiger charge is -2.16. The van der Waals surface area contributed by atoms with Crippen LogP contribution in [-0.4, -0.2) is 18.1 Å². The lowest BCUT2D eigenvalue weighted by molar-refractivity contribution is 0.857. The first-order valence-electron chi connectivity index (χ1n) is 6.14. The van der Waals surface area contributed by atoms with E-state index in [2.05, 4.69) is 36.7 Å². The molecule has 0 bridgehead atoms. The van der Waals surface area contributed by atoms with E-state index >= 15 is 0 Å². The highest BCUT2D eigenvalue weighted by molar-refractivity contribution is 7.19. The Hall–Kier alpha value is -1.06. The first-order chi connectivity index (χ1) is 8.65. The van der Waals surface area contributed by atoms with E-state index in [1.54, 1.807) is 11.3 Å². The molecule has 0 aliphatic heterocycles. The van der Waals surface area contributed by atoms with E-state index in [-0.39, 0.29) is 0 Å². The van der Waals surface area contributed by atoms with Crippen LogP contribution in [0, 0.1) is 6.92 Å². The fourth-order valence-corrected chi connectivity index (χ4v) is 3.29. The molecule has 1 aromatic carbocycles. The number of rotatable bonds is 4. The normalized spacial score (nSPS) is 10.7. The molecule has 1 aromatic heterocycles. The van der Waals surface area contributed by atoms with Gasteiger partial charge in [0.25, 0.3) is 0 Å². The van der Waals surface area contributed by atoms with Gasteiger partial charge < -0.3 is 4.90 Å². The zero-order chi connectivity index (χ0) is 13.1. The molecule has 2 rings (SSSR count). The third-order valence-corrected chi connectivity index (χ3v) is 4.41. The molecule has 0 fully saturated rings. The molecule has 0 unspecified atom stereocenters. The Bertz CT molecular complexity index is 532. The smallest absolute Gasteiger partial charge is 0.186 e. The van der Waals surface area contributed by atoms with E-state index in [0.717, 1.165) is 34.5 Å². The summed E-state index contributed by atoms with van der Waals surface area (Å²) in [6.45, 7) is 8.33. The second-order valence-electron chi connectivity index (χ2n) is 4.09. The number of hydrogen-bond acceptors (Lipinski definition) is 3. The summed E-state index contributed by atoms with van der Waals surface area (Å²) in [4.78, 5) is 8.14.